The Kier molecular flexibility index (Phi) is 2.86. The molecule has 0 radical (unpaired) electrons. The molecule has 0 aromatic carbocycles. The fraction of sp³-hybridized carbons (Fsp3) is 0.600. The predicted octanol–water partition coefficient (Wildman–Crippen LogP) is 3.26. The van der Waals surface area contributed by atoms with Crippen LogP contribution in [0.25, 0.3) is 0 Å². The Morgan fingerprint density at radius 1 is 1.55 bits per heavy atom. The number of hydrogen-bond donors (Lipinski definition) is 0. The molecular weight excluding hydrogens is 139 g/mol. The van der Waals surface area contributed by atoms with Crippen LogP contribution in [0.15, 0.2) is 23.8 Å². The van der Waals surface area contributed by atoms with Gasteiger partial charge in [-0.05, 0) is 12.3 Å². The fourth-order valence-corrected chi connectivity index (χ4v) is 1.29. The minimum absolute atomic E-state index is 0.494. The van der Waals surface area contributed by atoms with Gasteiger partial charge in [-0.15, -0.1) is 0 Å². The van der Waals surface area contributed by atoms with Crippen molar-refractivity contribution in [1.29, 1.82) is 0 Å². The highest BCUT2D eigenvalue weighted by Crippen LogP contribution is 2.21. The average molecular weight is 154 g/mol. The quantitative estimate of drug-likeness (QED) is 0.508. The molecule has 62 valence electrons. The molecule has 11 heavy (non-hydrogen) atoms. The number of hydrogen-bond acceptors (Lipinski definition) is 0. The summed E-state index contributed by atoms with van der Waals surface area (Å²) in [5, 5.41) is 0. The van der Waals surface area contributed by atoms with Gasteiger partial charge in [0.1, 0.15) is 6.17 Å². The summed E-state index contributed by atoms with van der Waals surface area (Å²) in [4.78, 5) is 0. The van der Waals surface area contributed by atoms with Gasteiger partial charge in [-0.1, -0.05) is 37.6 Å². The van der Waals surface area contributed by atoms with E-state index in [0.717, 1.165) is 6.42 Å². The van der Waals surface area contributed by atoms with E-state index in [1.54, 1.807) is 6.08 Å². The van der Waals surface area contributed by atoms with Crippen molar-refractivity contribution in [2.75, 3.05) is 0 Å². The summed E-state index contributed by atoms with van der Waals surface area (Å²) < 4.78 is 12.9. The maximum atomic E-state index is 12.9. The van der Waals surface area contributed by atoms with Gasteiger partial charge in [-0.25, -0.2) is 4.39 Å². The first kappa shape index (κ1) is 8.51. The molecule has 1 heteroatoms. The molecule has 1 aliphatic carbocycles. The molecule has 0 bridgehead atoms. The Balaban J connectivity index is 2.62. The van der Waals surface area contributed by atoms with Crippen molar-refractivity contribution in [3.63, 3.8) is 0 Å². The summed E-state index contributed by atoms with van der Waals surface area (Å²) in [6, 6.07) is 0. The van der Waals surface area contributed by atoms with Crippen LogP contribution >= 0.6 is 0 Å². The molecule has 0 spiro atoms. The summed E-state index contributed by atoms with van der Waals surface area (Å²) in [7, 11) is 0. The van der Waals surface area contributed by atoms with Crippen LogP contribution in [0.5, 0.6) is 0 Å². The Bertz CT molecular complexity index is 177. The van der Waals surface area contributed by atoms with Crippen LogP contribution in [-0.2, 0) is 0 Å². The normalized spacial score (nSPS) is 25.1. The van der Waals surface area contributed by atoms with Gasteiger partial charge in [0.15, 0.2) is 0 Å². The van der Waals surface area contributed by atoms with E-state index < -0.39 is 6.17 Å². The van der Waals surface area contributed by atoms with Crippen molar-refractivity contribution in [2.45, 2.75) is 32.9 Å². The molecule has 0 fully saturated rings. The van der Waals surface area contributed by atoms with Crippen LogP contribution in [0.2, 0.25) is 0 Å². The van der Waals surface area contributed by atoms with Crippen molar-refractivity contribution in [2.24, 2.45) is 5.92 Å². The lowest BCUT2D eigenvalue weighted by molar-refractivity contribution is 0.390. The van der Waals surface area contributed by atoms with Gasteiger partial charge in [-0.2, -0.15) is 0 Å². The molecule has 0 aliphatic heterocycles. The second kappa shape index (κ2) is 3.70. The lowest BCUT2D eigenvalue weighted by atomic mass is 9.98. The van der Waals surface area contributed by atoms with E-state index in [-0.39, 0.29) is 0 Å². The van der Waals surface area contributed by atoms with Crippen molar-refractivity contribution < 1.29 is 4.39 Å². The molecule has 1 unspecified atom stereocenters. The van der Waals surface area contributed by atoms with Crippen LogP contribution in [-0.4, -0.2) is 6.17 Å². The standard InChI is InChI=1S/C10H15F/c1-8(2)9-5-3-4-6-10(11)7-9/h4-6,8,10H,3,7H2,1-2H3. The van der Waals surface area contributed by atoms with E-state index in [2.05, 4.69) is 19.9 Å². The van der Waals surface area contributed by atoms with Gasteiger partial charge in [0.25, 0.3) is 0 Å². The van der Waals surface area contributed by atoms with Gasteiger partial charge in [0, 0.05) is 6.42 Å². The Labute approximate surface area is 67.8 Å². The van der Waals surface area contributed by atoms with E-state index in [1.165, 1.54) is 5.57 Å². The molecule has 0 nitrogen and oxygen atoms in total. The van der Waals surface area contributed by atoms with Gasteiger partial charge in [0.2, 0.25) is 0 Å². The fourth-order valence-electron chi connectivity index (χ4n) is 1.29. The average Bonchev–Trinajstić information content (AvgIpc) is 2.13. The van der Waals surface area contributed by atoms with E-state index >= 15 is 0 Å². The topological polar surface area (TPSA) is 0 Å². The summed E-state index contributed by atoms with van der Waals surface area (Å²) >= 11 is 0. The maximum absolute atomic E-state index is 12.9. The largest absolute Gasteiger partial charge is 0.243 e. The van der Waals surface area contributed by atoms with Crippen LogP contribution in [0, 0.1) is 5.92 Å². The maximum Gasteiger partial charge on any atom is 0.122 e. The molecule has 0 aromatic heterocycles. The van der Waals surface area contributed by atoms with E-state index in [4.69, 9.17) is 0 Å². The van der Waals surface area contributed by atoms with Crippen LogP contribution in [0.4, 0.5) is 4.39 Å². The zero-order chi connectivity index (χ0) is 8.27. The van der Waals surface area contributed by atoms with Gasteiger partial charge in [-0.3, -0.25) is 0 Å². The number of halogens is 1. The lowest BCUT2D eigenvalue weighted by Crippen LogP contribution is -2.01. The minimum atomic E-state index is -0.758. The van der Waals surface area contributed by atoms with E-state index in [9.17, 15) is 4.39 Å². The zero-order valence-electron chi connectivity index (χ0n) is 7.18. The minimum Gasteiger partial charge on any atom is -0.243 e. The smallest absolute Gasteiger partial charge is 0.122 e. The number of allylic oxidation sites excluding steroid dienone is 4. The van der Waals surface area contributed by atoms with Crippen molar-refractivity contribution >= 4 is 0 Å². The molecule has 0 heterocycles. The molecule has 1 atom stereocenters. The van der Waals surface area contributed by atoms with Crippen LogP contribution in [0.1, 0.15) is 26.7 Å². The van der Waals surface area contributed by atoms with Crippen LogP contribution < -0.4 is 0 Å². The van der Waals surface area contributed by atoms with E-state index in [1.807, 2.05) is 6.08 Å². The molecule has 1 rings (SSSR count). The third-order valence-corrected chi connectivity index (χ3v) is 2.03. The van der Waals surface area contributed by atoms with Crippen LogP contribution in [0.3, 0.4) is 0 Å². The van der Waals surface area contributed by atoms with Crippen molar-refractivity contribution in [3.8, 4) is 0 Å². The number of alkyl halides is 1. The molecule has 0 aromatic rings. The monoisotopic (exact) mass is 154 g/mol. The predicted molar refractivity (Wildman–Crippen MR) is 46.2 cm³/mol. The summed E-state index contributed by atoms with van der Waals surface area (Å²) in [5.41, 5.74) is 1.25. The van der Waals surface area contributed by atoms with Gasteiger partial charge in [0.05, 0.1) is 0 Å². The second-order valence-electron chi connectivity index (χ2n) is 3.32. The third-order valence-electron chi connectivity index (χ3n) is 2.03. The Hall–Kier alpha value is -0.590. The van der Waals surface area contributed by atoms with E-state index in [0.29, 0.717) is 12.3 Å². The first-order chi connectivity index (χ1) is 5.20. The first-order valence-corrected chi connectivity index (χ1v) is 4.20. The number of rotatable bonds is 1. The first-order valence-electron chi connectivity index (χ1n) is 4.20. The molecule has 0 N–H and O–H groups in total. The highest BCUT2D eigenvalue weighted by Gasteiger charge is 2.10. The highest BCUT2D eigenvalue weighted by molar-refractivity contribution is 5.14. The highest BCUT2D eigenvalue weighted by atomic mass is 19.1. The van der Waals surface area contributed by atoms with Gasteiger partial charge >= 0.3 is 0 Å². The third kappa shape index (κ3) is 2.49. The second-order valence-corrected chi connectivity index (χ2v) is 3.32. The Morgan fingerprint density at radius 3 is 2.91 bits per heavy atom. The summed E-state index contributed by atoms with van der Waals surface area (Å²) in [6.45, 7) is 4.23. The molecule has 1 aliphatic rings. The van der Waals surface area contributed by atoms with Crippen molar-refractivity contribution in [3.05, 3.63) is 23.8 Å². The molecule has 0 saturated heterocycles. The lowest BCUT2D eigenvalue weighted by Gasteiger charge is -2.10. The van der Waals surface area contributed by atoms with Crippen molar-refractivity contribution in [1.82, 2.24) is 0 Å². The Morgan fingerprint density at radius 2 is 2.27 bits per heavy atom. The summed E-state index contributed by atoms with van der Waals surface area (Å²) in [6.07, 6.45) is 6.43. The SMILES string of the molecule is CC(C)C1=CCC=CC(F)C1. The zero-order valence-corrected chi connectivity index (χ0v) is 7.18. The van der Waals surface area contributed by atoms with Gasteiger partial charge < -0.3 is 0 Å². The molecule has 0 saturated carbocycles. The summed E-state index contributed by atoms with van der Waals surface area (Å²) in [5.74, 6) is 0.494. The molecule has 0 amide bonds. The molecular formula is C10H15F.